The molecule has 0 spiro atoms. The van der Waals surface area contributed by atoms with Crippen molar-refractivity contribution in [2.75, 3.05) is 7.05 Å². The molecule has 0 saturated carbocycles. The van der Waals surface area contributed by atoms with E-state index in [9.17, 15) is 0 Å². The Hall–Kier alpha value is -1.58. The van der Waals surface area contributed by atoms with Gasteiger partial charge >= 0.3 is 0 Å². The fourth-order valence-corrected chi connectivity index (χ4v) is 1.77. The summed E-state index contributed by atoms with van der Waals surface area (Å²) in [5, 5.41) is 3.66. The van der Waals surface area contributed by atoms with Gasteiger partial charge in [-0.1, -0.05) is 17.7 Å². The Morgan fingerprint density at radius 2 is 2.11 bits per heavy atom. The van der Waals surface area contributed by atoms with E-state index in [1.165, 1.54) is 0 Å². The molecule has 0 unspecified atom stereocenters. The van der Waals surface area contributed by atoms with Gasteiger partial charge in [-0.15, -0.1) is 0 Å². The quantitative estimate of drug-likeness (QED) is 0.915. The van der Waals surface area contributed by atoms with E-state index in [1.807, 2.05) is 44.3 Å². The van der Waals surface area contributed by atoms with Gasteiger partial charge in [-0.05, 0) is 37.7 Å². The normalized spacial score (nSPS) is 10.4. The highest BCUT2D eigenvalue weighted by atomic mass is 35.5. The summed E-state index contributed by atoms with van der Waals surface area (Å²) in [4.78, 5) is 4.24. The van der Waals surface area contributed by atoms with Crippen LogP contribution in [-0.2, 0) is 6.54 Å². The number of benzene rings is 1. The largest absolute Gasteiger partial charge is 0.456 e. The minimum atomic E-state index is 0.604. The fourth-order valence-electron chi connectivity index (χ4n) is 1.61. The molecule has 3 nitrogen and oxygen atoms in total. The van der Waals surface area contributed by atoms with Crippen LogP contribution in [0.1, 0.15) is 11.3 Å². The lowest BCUT2D eigenvalue weighted by Gasteiger charge is -2.09. The first kappa shape index (κ1) is 12.9. The average molecular weight is 263 g/mol. The highest BCUT2D eigenvalue weighted by Crippen LogP contribution is 2.30. The Morgan fingerprint density at radius 3 is 2.89 bits per heavy atom. The zero-order valence-corrected chi connectivity index (χ0v) is 11.2. The molecule has 0 saturated heterocycles. The van der Waals surface area contributed by atoms with Crippen LogP contribution in [0.5, 0.6) is 11.5 Å². The molecule has 1 N–H and O–H groups in total. The van der Waals surface area contributed by atoms with E-state index in [4.69, 9.17) is 16.3 Å². The minimum Gasteiger partial charge on any atom is -0.456 e. The van der Waals surface area contributed by atoms with Crippen molar-refractivity contribution in [1.29, 1.82) is 0 Å². The number of aryl methyl sites for hydroxylation is 1. The summed E-state index contributed by atoms with van der Waals surface area (Å²) in [5.41, 5.74) is 2.04. The summed E-state index contributed by atoms with van der Waals surface area (Å²) in [6.45, 7) is 2.71. The highest BCUT2D eigenvalue weighted by molar-refractivity contribution is 6.32. The predicted molar refractivity (Wildman–Crippen MR) is 73.3 cm³/mol. The molecule has 0 aliphatic rings. The van der Waals surface area contributed by atoms with E-state index < -0.39 is 0 Å². The third-order valence-electron chi connectivity index (χ3n) is 2.46. The first-order valence-electron chi connectivity index (χ1n) is 5.72. The average Bonchev–Trinajstić information content (AvgIpc) is 2.35. The SMILES string of the molecule is CNCc1cc(Oc2cc(C)ccc2Cl)ccn1. The maximum atomic E-state index is 6.09. The third kappa shape index (κ3) is 3.22. The van der Waals surface area contributed by atoms with Gasteiger partial charge in [0.2, 0.25) is 0 Å². The molecule has 94 valence electrons. The molecule has 2 aromatic rings. The summed E-state index contributed by atoms with van der Waals surface area (Å²) in [6.07, 6.45) is 1.73. The monoisotopic (exact) mass is 262 g/mol. The molecule has 1 aromatic carbocycles. The molecule has 0 atom stereocenters. The summed E-state index contributed by atoms with van der Waals surface area (Å²) in [5.74, 6) is 1.40. The molecule has 18 heavy (non-hydrogen) atoms. The van der Waals surface area contributed by atoms with E-state index in [0.29, 0.717) is 17.3 Å². The molecule has 2 rings (SSSR count). The Kier molecular flexibility index (Phi) is 4.18. The van der Waals surface area contributed by atoms with E-state index in [1.54, 1.807) is 6.20 Å². The smallest absolute Gasteiger partial charge is 0.146 e. The number of hydrogen-bond acceptors (Lipinski definition) is 3. The van der Waals surface area contributed by atoms with Crippen molar-refractivity contribution in [2.24, 2.45) is 0 Å². The van der Waals surface area contributed by atoms with Crippen molar-refractivity contribution in [3.05, 3.63) is 52.8 Å². The van der Waals surface area contributed by atoms with Gasteiger partial charge < -0.3 is 10.1 Å². The Labute approximate surface area is 112 Å². The topological polar surface area (TPSA) is 34.1 Å². The van der Waals surface area contributed by atoms with E-state index in [-0.39, 0.29) is 0 Å². The maximum absolute atomic E-state index is 6.09. The second-order valence-electron chi connectivity index (χ2n) is 4.05. The molecular weight excluding hydrogens is 248 g/mol. The maximum Gasteiger partial charge on any atom is 0.146 e. The van der Waals surface area contributed by atoms with Gasteiger partial charge in [0.25, 0.3) is 0 Å². The van der Waals surface area contributed by atoms with Crippen molar-refractivity contribution >= 4 is 11.6 Å². The molecule has 1 aromatic heterocycles. The van der Waals surface area contributed by atoms with Crippen LogP contribution in [0.3, 0.4) is 0 Å². The number of aromatic nitrogens is 1. The van der Waals surface area contributed by atoms with E-state index in [2.05, 4.69) is 10.3 Å². The van der Waals surface area contributed by atoms with Gasteiger partial charge in [0.1, 0.15) is 11.5 Å². The lowest BCUT2D eigenvalue weighted by atomic mass is 10.2. The molecule has 0 aliphatic heterocycles. The fraction of sp³-hybridized carbons (Fsp3) is 0.214. The molecule has 0 aliphatic carbocycles. The van der Waals surface area contributed by atoms with Crippen LogP contribution < -0.4 is 10.1 Å². The van der Waals surface area contributed by atoms with Crippen LogP contribution in [-0.4, -0.2) is 12.0 Å². The Morgan fingerprint density at radius 1 is 1.28 bits per heavy atom. The standard InChI is InChI=1S/C14H15ClN2O/c1-10-3-4-13(15)14(7-10)18-12-5-6-17-11(8-12)9-16-2/h3-8,16H,9H2,1-2H3. The molecule has 4 heteroatoms. The van der Waals surface area contributed by atoms with Gasteiger partial charge in [0, 0.05) is 18.8 Å². The summed E-state index contributed by atoms with van der Waals surface area (Å²) in [6, 6.07) is 9.42. The summed E-state index contributed by atoms with van der Waals surface area (Å²) >= 11 is 6.09. The molecule has 0 fully saturated rings. The lowest BCUT2D eigenvalue weighted by Crippen LogP contribution is -2.06. The molecule has 0 amide bonds. The zero-order valence-electron chi connectivity index (χ0n) is 10.4. The predicted octanol–water partition coefficient (Wildman–Crippen LogP) is 3.56. The van der Waals surface area contributed by atoms with Crippen molar-refractivity contribution in [3.63, 3.8) is 0 Å². The van der Waals surface area contributed by atoms with Crippen molar-refractivity contribution in [1.82, 2.24) is 10.3 Å². The van der Waals surface area contributed by atoms with Crippen LogP contribution in [0.4, 0.5) is 0 Å². The number of ether oxygens (including phenoxy) is 1. The summed E-state index contributed by atoms with van der Waals surface area (Å²) in [7, 11) is 1.88. The molecular formula is C14H15ClN2O. The summed E-state index contributed by atoms with van der Waals surface area (Å²) < 4.78 is 5.78. The third-order valence-corrected chi connectivity index (χ3v) is 2.77. The zero-order chi connectivity index (χ0) is 13.0. The van der Waals surface area contributed by atoms with Gasteiger partial charge in [-0.2, -0.15) is 0 Å². The van der Waals surface area contributed by atoms with Gasteiger partial charge in [0.05, 0.1) is 10.7 Å². The van der Waals surface area contributed by atoms with Crippen molar-refractivity contribution in [3.8, 4) is 11.5 Å². The van der Waals surface area contributed by atoms with E-state index in [0.717, 1.165) is 17.0 Å². The molecule has 0 bridgehead atoms. The first-order chi connectivity index (χ1) is 8.69. The van der Waals surface area contributed by atoms with Crippen molar-refractivity contribution in [2.45, 2.75) is 13.5 Å². The van der Waals surface area contributed by atoms with E-state index >= 15 is 0 Å². The Bertz CT molecular complexity index is 543. The van der Waals surface area contributed by atoms with Crippen LogP contribution in [0.2, 0.25) is 5.02 Å². The highest BCUT2D eigenvalue weighted by Gasteiger charge is 2.04. The van der Waals surface area contributed by atoms with Crippen LogP contribution in [0, 0.1) is 6.92 Å². The van der Waals surface area contributed by atoms with Crippen LogP contribution in [0.25, 0.3) is 0 Å². The molecule has 0 radical (unpaired) electrons. The second-order valence-corrected chi connectivity index (χ2v) is 4.46. The first-order valence-corrected chi connectivity index (χ1v) is 6.10. The second kappa shape index (κ2) is 5.85. The number of hydrogen-bond donors (Lipinski definition) is 1. The van der Waals surface area contributed by atoms with Crippen molar-refractivity contribution < 1.29 is 4.74 Å². The van der Waals surface area contributed by atoms with Gasteiger partial charge in [0.15, 0.2) is 0 Å². The van der Waals surface area contributed by atoms with Crippen LogP contribution in [0.15, 0.2) is 36.5 Å². The number of nitrogens with zero attached hydrogens (tertiary/aromatic N) is 1. The van der Waals surface area contributed by atoms with Gasteiger partial charge in [-0.25, -0.2) is 0 Å². The number of pyridine rings is 1. The van der Waals surface area contributed by atoms with Crippen LogP contribution >= 0.6 is 11.6 Å². The van der Waals surface area contributed by atoms with Gasteiger partial charge in [-0.3, -0.25) is 4.98 Å². The number of nitrogens with one attached hydrogen (secondary N) is 1. The number of halogens is 1. The number of rotatable bonds is 4. The minimum absolute atomic E-state index is 0.604. The lowest BCUT2D eigenvalue weighted by molar-refractivity contribution is 0.480. The molecule has 1 heterocycles. The Balaban J connectivity index is 2.22.